The number of hydrogen-bond donors (Lipinski definition) is 2. The van der Waals surface area contributed by atoms with E-state index in [-0.39, 0.29) is 17.8 Å². The van der Waals surface area contributed by atoms with Crippen molar-refractivity contribution in [2.24, 2.45) is 0 Å². The number of aryl methyl sites for hydroxylation is 2. The number of nitrogens with one attached hydrogen (secondary N) is 1. The van der Waals surface area contributed by atoms with Gasteiger partial charge in [0, 0.05) is 51.3 Å². The van der Waals surface area contributed by atoms with Gasteiger partial charge in [-0.25, -0.2) is 9.37 Å². The average Bonchev–Trinajstić information content (AvgIpc) is 3.17. The summed E-state index contributed by atoms with van der Waals surface area (Å²) in [6.07, 6.45) is 2.67. The summed E-state index contributed by atoms with van der Waals surface area (Å²) in [6.45, 7) is 3.44. The van der Waals surface area contributed by atoms with E-state index in [0.29, 0.717) is 79.7 Å². The molecule has 0 saturated carbocycles. The zero-order valence-corrected chi connectivity index (χ0v) is 20.3. The van der Waals surface area contributed by atoms with Gasteiger partial charge in [-0.2, -0.15) is 4.98 Å². The lowest BCUT2D eigenvalue weighted by Gasteiger charge is -2.39. The number of fused-ring (bicyclic) bond motifs is 1. The molecule has 1 amide bonds. The van der Waals surface area contributed by atoms with Crippen LogP contribution >= 0.6 is 0 Å². The molecule has 0 radical (unpaired) electrons. The molecule has 2 fully saturated rings. The standard InChI is InChI=1S/C24H30FN5O3S/c1-15-11-16(13-17(25)12-15)24(32)6-8-30(9-7-24)23-27-19-5-10-34(33)21(19)22(28-23)26-18-3-4-20(31)29(2)14-18/h11-13,18,32H,3-10,14H2,1-2H3,(H,26,27,28)/t18-,34?/m0/s1. The Labute approximate surface area is 201 Å². The van der Waals surface area contributed by atoms with Crippen LogP contribution in [0.15, 0.2) is 23.1 Å². The normalized spacial score (nSPS) is 24.3. The van der Waals surface area contributed by atoms with Crippen LogP contribution in [0.1, 0.15) is 42.5 Å². The molecule has 182 valence electrons. The van der Waals surface area contributed by atoms with Gasteiger partial charge in [-0.3, -0.25) is 9.00 Å². The molecule has 2 N–H and O–H groups in total. The summed E-state index contributed by atoms with van der Waals surface area (Å²) in [4.78, 5) is 25.8. The molecule has 0 bridgehead atoms. The maximum absolute atomic E-state index is 13.9. The molecule has 3 aliphatic rings. The van der Waals surface area contributed by atoms with Gasteiger partial charge < -0.3 is 20.2 Å². The van der Waals surface area contributed by atoms with Gasteiger partial charge >= 0.3 is 0 Å². The highest BCUT2D eigenvalue weighted by Crippen LogP contribution is 2.36. The number of carbonyl (C=O) groups is 1. The van der Waals surface area contributed by atoms with E-state index >= 15 is 0 Å². The lowest BCUT2D eigenvalue weighted by atomic mass is 9.84. The molecule has 4 heterocycles. The first-order valence-corrected chi connectivity index (χ1v) is 13.1. The first kappa shape index (κ1) is 23.2. The highest BCUT2D eigenvalue weighted by Gasteiger charge is 2.36. The highest BCUT2D eigenvalue weighted by molar-refractivity contribution is 7.85. The number of carbonyl (C=O) groups excluding carboxylic acids is 1. The van der Waals surface area contributed by atoms with Gasteiger partial charge in [0.05, 0.1) is 22.1 Å². The summed E-state index contributed by atoms with van der Waals surface area (Å²) in [5.41, 5.74) is 1.09. The van der Waals surface area contributed by atoms with Crippen LogP contribution in [0.5, 0.6) is 0 Å². The van der Waals surface area contributed by atoms with Crippen molar-refractivity contribution in [2.45, 2.75) is 55.6 Å². The number of piperidine rings is 2. The molecule has 1 aromatic heterocycles. The zero-order chi connectivity index (χ0) is 24.0. The maximum Gasteiger partial charge on any atom is 0.227 e. The van der Waals surface area contributed by atoms with Gasteiger partial charge in [-0.05, 0) is 49.4 Å². The topological polar surface area (TPSA) is 98.7 Å². The number of likely N-dealkylation sites (N-methyl/N-ethyl adjacent to an activating group) is 1. The predicted octanol–water partition coefficient (Wildman–Crippen LogP) is 2.11. The van der Waals surface area contributed by atoms with Crippen LogP contribution in [0.2, 0.25) is 0 Å². The molecule has 34 heavy (non-hydrogen) atoms. The number of anilines is 2. The van der Waals surface area contributed by atoms with E-state index < -0.39 is 16.4 Å². The van der Waals surface area contributed by atoms with Crippen molar-refractivity contribution in [3.63, 3.8) is 0 Å². The van der Waals surface area contributed by atoms with E-state index in [1.807, 2.05) is 17.9 Å². The molecule has 2 atom stereocenters. The molecule has 0 spiro atoms. The summed E-state index contributed by atoms with van der Waals surface area (Å²) in [5, 5.41) is 14.7. The SMILES string of the molecule is Cc1cc(F)cc(C2(O)CCN(c3nc4c(c(N[C@H]5CCC(=O)N(C)C5)n3)S(=O)CC4)CC2)c1. The Bertz CT molecular complexity index is 1130. The lowest BCUT2D eigenvalue weighted by molar-refractivity contribution is -0.132. The van der Waals surface area contributed by atoms with Crippen LogP contribution in [-0.2, 0) is 27.6 Å². The fourth-order valence-corrected chi connectivity index (χ4v) is 6.43. The number of halogens is 1. The maximum atomic E-state index is 13.9. The minimum atomic E-state index is -1.15. The molecule has 1 aromatic carbocycles. The quantitative estimate of drug-likeness (QED) is 0.682. The summed E-state index contributed by atoms with van der Waals surface area (Å²) < 4.78 is 26.6. The minimum Gasteiger partial charge on any atom is -0.385 e. The summed E-state index contributed by atoms with van der Waals surface area (Å²) >= 11 is 0. The monoisotopic (exact) mass is 487 g/mol. The number of aliphatic hydroxyl groups is 1. The fraction of sp³-hybridized carbons (Fsp3) is 0.542. The summed E-state index contributed by atoms with van der Waals surface area (Å²) in [6, 6.07) is 4.75. The molecule has 8 nitrogen and oxygen atoms in total. The second-order valence-electron chi connectivity index (χ2n) is 9.64. The van der Waals surface area contributed by atoms with Crippen molar-refractivity contribution < 1.29 is 18.5 Å². The molecule has 2 saturated heterocycles. The number of nitrogens with zero attached hydrogens (tertiary/aromatic N) is 4. The molecule has 0 aliphatic carbocycles. The largest absolute Gasteiger partial charge is 0.385 e. The van der Waals surface area contributed by atoms with E-state index in [4.69, 9.17) is 9.97 Å². The lowest BCUT2D eigenvalue weighted by Crippen LogP contribution is -2.44. The summed E-state index contributed by atoms with van der Waals surface area (Å²) in [7, 11) is 0.644. The van der Waals surface area contributed by atoms with E-state index in [2.05, 4.69) is 5.32 Å². The van der Waals surface area contributed by atoms with Gasteiger partial charge in [-0.15, -0.1) is 0 Å². The van der Waals surface area contributed by atoms with Crippen molar-refractivity contribution in [3.05, 3.63) is 40.8 Å². The van der Waals surface area contributed by atoms with Crippen LogP contribution in [0.25, 0.3) is 0 Å². The second kappa shape index (κ2) is 8.88. The molecule has 10 heteroatoms. The molecular weight excluding hydrogens is 457 g/mol. The van der Waals surface area contributed by atoms with E-state index in [9.17, 15) is 18.5 Å². The van der Waals surface area contributed by atoms with Crippen LogP contribution < -0.4 is 10.2 Å². The Kier molecular flexibility index (Phi) is 6.05. The zero-order valence-electron chi connectivity index (χ0n) is 19.5. The fourth-order valence-electron chi connectivity index (χ4n) is 5.12. The Hall–Kier alpha value is -2.59. The van der Waals surface area contributed by atoms with Gasteiger partial charge in [0.25, 0.3) is 0 Å². The Balaban J connectivity index is 1.37. The number of hydrogen-bond acceptors (Lipinski definition) is 7. The number of likely N-dealkylation sites (tertiary alicyclic amines) is 1. The molecule has 1 unspecified atom stereocenters. The average molecular weight is 488 g/mol. The van der Waals surface area contributed by atoms with Crippen molar-refractivity contribution in [1.82, 2.24) is 14.9 Å². The second-order valence-corrected chi connectivity index (χ2v) is 11.1. The Morgan fingerprint density at radius 3 is 2.68 bits per heavy atom. The van der Waals surface area contributed by atoms with Crippen molar-refractivity contribution >= 4 is 28.5 Å². The van der Waals surface area contributed by atoms with E-state index in [1.165, 1.54) is 12.1 Å². The third kappa shape index (κ3) is 4.40. The van der Waals surface area contributed by atoms with Crippen LogP contribution in [0.3, 0.4) is 0 Å². The Morgan fingerprint density at radius 1 is 1.21 bits per heavy atom. The van der Waals surface area contributed by atoms with Crippen molar-refractivity contribution in [2.75, 3.05) is 42.7 Å². The smallest absolute Gasteiger partial charge is 0.227 e. The molecule has 3 aliphatic heterocycles. The van der Waals surface area contributed by atoms with Crippen LogP contribution in [0.4, 0.5) is 16.2 Å². The number of rotatable bonds is 4. The van der Waals surface area contributed by atoms with E-state index in [0.717, 1.165) is 11.3 Å². The first-order chi connectivity index (χ1) is 16.2. The number of aromatic nitrogens is 2. The first-order valence-electron chi connectivity index (χ1n) is 11.8. The number of amides is 1. The van der Waals surface area contributed by atoms with Gasteiger partial charge in [0.15, 0.2) is 0 Å². The highest BCUT2D eigenvalue weighted by atomic mass is 32.2. The van der Waals surface area contributed by atoms with Crippen LogP contribution in [-0.4, -0.2) is 68.6 Å². The summed E-state index contributed by atoms with van der Waals surface area (Å²) in [5.74, 6) is 1.46. The van der Waals surface area contributed by atoms with Gasteiger partial charge in [0.1, 0.15) is 16.5 Å². The van der Waals surface area contributed by atoms with Gasteiger partial charge in [-0.1, -0.05) is 6.07 Å². The molecule has 5 rings (SSSR count). The van der Waals surface area contributed by atoms with Crippen molar-refractivity contribution in [3.8, 4) is 0 Å². The van der Waals surface area contributed by atoms with Crippen LogP contribution in [0, 0.1) is 12.7 Å². The van der Waals surface area contributed by atoms with E-state index in [1.54, 1.807) is 11.9 Å². The van der Waals surface area contributed by atoms with Gasteiger partial charge in [0.2, 0.25) is 11.9 Å². The molecular formula is C24H30FN5O3S. The number of benzene rings is 1. The molecule has 2 aromatic rings. The third-order valence-corrected chi connectivity index (χ3v) is 8.56. The van der Waals surface area contributed by atoms with Crippen molar-refractivity contribution in [1.29, 1.82) is 0 Å². The minimum absolute atomic E-state index is 0.0369. The Morgan fingerprint density at radius 2 is 1.97 bits per heavy atom. The predicted molar refractivity (Wildman–Crippen MR) is 128 cm³/mol. The third-order valence-electron chi connectivity index (χ3n) is 7.10.